The number of benzene rings is 7. The van der Waals surface area contributed by atoms with E-state index in [1.165, 1.54) is 33.2 Å². The molecule has 2 aliphatic rings. The molecule has 0 bridgehead atoms. The van der Waals surface area contributed by atoms with E-state index in [1.807, 2.05) is 36.4 Å². The van der Waals surface area contributed by atoms with Crippen LogP contribution in [0.25, 0.3) is 39.1 Å². The van der Waals surface area contributed by atoms with Crippen LogP contribution >= 0.6 is 0 Å². The maximum Gasteiger partial charge on any atom is 0.178 e. The van der Waals surface area contributed by atoms with E-state index in [0.29, 0.717) is 0 Å². The van der Waals surface area contributed by atoms with Crippen molar-refractivity contribution in [3.05, 3.63) is 168 Å². The first-order valence-electron chi connectivity index (χ1n) is 18.4. The molecule has 0 spiro atoms. The zero-order chi connectivity index (χ0) is 37.0. The van der Waals surface area contributed by atoms with Crippen molar-refractivity contribution in [1.82, 2.24) is 0 Å². The Kier molecular flexibility index (Phi) is 8.15. The molecule has 1 aliphatic carbocycles. The first-order chi connectivity index (χ1) is 26.4. The van der Waals surface area contributed by atoms with Crippen LogP contribution in [0.5, 0.6) is 23.0 Å². The Hall–Kier alpha value is -6.46. The number of rotatable bonds is 9. The molecule has 0 radical (unpaired) electrons. The summed E-state index contributed by atoms with van der Waals surface area (Å²) >= 11 is 0. The van der Waals surface area contributed by atoms with Crippen molar-refractivity contribution >= 4 is 33.9 Å². The largest absolute Gasteiger partial charge is 0.497 e. The Balaban J connectivity index is 1.22. The normalized spacial score (nSPS) is 15.1. The van der Waals surface area contributed by atoms with Gasteiger partial charge in [0.25, 0.3) is 0 Å². The number of fused-ring (bicyclic) bond motifs is 5. The molecule has 0 saturated carbocycles. The SMILES string of the molecule is COc1ccc(N(c2ccc(OC)cc2)c2ccc(C3(c4ccc(OC)cc4)C=Cc4c(C(C)C)c5c6c(cccc6c4O3)-c3ccccc3-5)cc2)cc1. The van der Waals surface area contributed by atoms with Crippen LogP contribution < -0.4 is 23.8 Å². The highest BCUT2D eigenvalue weighted by molar-refractivity contribution is 6.19. The highest BCUT2D eigenvalue weighted by Crippen LogP contribution is 2.57. The van der Waals surface area contributed by atoms with Crippen molar-refractivity contribution in [3.8, 4) is 45.3 Å². The lowest BCUT2D eigenvalue weighted by Crippen LogP contribution is -2.34. The van der Waals surface area contributed by atoms with E-state index in [1.54, 1.807) is 21.3 Å². The second kappa shape index (κ2) is 13.2. The Morgan fingerprint density at radius 2 is 1.02 bits per heavy atom. The summed E-state index contributed by atoms with van der Waals surface area (Å²) in [5.74, 6) is 3.59. The van der Waals surface area contributed by atoms with Crippen LogP contribution in [0.4, 0.5) is 17.1 Å². The average Bonchev–Trinajstić information content (AvgIpc) is 3.56. The van der Waals surface area contributed by atoms with E-state index < -0.39 is 5.60 Å². The lowest BCUT2D eigenvalue weighted by atomic mass is 9.80. The van der Waals surface area contributed by atoms with E-state index in [0.717, 1.165) is 62.1 Å². The summed E-state index contributed by atoms with van der Waals surface area (Å²) < 4.78 is 24.1. The Bertz CT molecular complexity index is 2490. The number of ether oxygens (including phenoxy) is 4. The summed E-state index contributed by atoms with van der Waals surface area (Å²) in [5.41, 5.74) is 11.8. The van der Waals surface area contributed by atoms with Gasteiger partial charge in [-0.25, -0.2) is 0 Å². The van der Waals surface area contributed by atoms with Crippen molar-refractivity contribution < 1.29 is 18.9 Å². The van der Waals surface area contributed by atoms with Crippen LogP contribution in [-0.2, 0) is 5.60 Å². The summed E-state index contributed by atoms with van der Waals surface area (Å²) in [5, 5.41) is 2.40. The zero-order valence-electron chi connectivity index (χ0n) is 31.1. The first kappa shape index (κ1) is 33.4. The monoisotopic (exact) mass is 707 g/mol. The lowest BCUT2D eigenvalue weighted by Gasteiger charge is -2.38. The van der Waals surface area contributed by atoms with E-state index in [2.05, 4.69) is 134 Å². The molecule has 1 aliphatic heterocycles. The van der Waals surface area contributed by atoms with Crippen molar-refractivity contribution in [2.75, 3.05) is 26.2 Å². The minimum Gasteiger partial charge on any atom is -0.497 e. The smallest absolute Gasteiger partial charge is 0.178 e. The predicted octanol–water partition coefficient (Wildman–Crippen LogP) is 12.5. The summed E-state index contributed by atoms with van der Waals surface area (Å²) in [4.78, 5) is 2.23. The van der Waals surface area contributed by atoms with Crippen LogP contribution in [0, 0.1) is 0 Å². The number of hydrogen-bond donors (Lipinski definition) is 0. The number of nitrogens with zero attached hydrogens (tertiary/aromatic N) is 1. The van der Waals surface area contributed by atoms with E-state index >= 15 is 0 Å². The molecule has 7 aromatic carbocycles. The Morgan fingerprint density at radius 1 is 0.537 bits per heavy atom. The lowest BCUT2D eigenvalue weighted by molar-refractivity contribution is 0.163. The molecule has 0 saturated heterocycles. The summed E-state index contributed by atoms with van der Waals surface area (Å²) in [6.07, 6.45) is 4.54. The fourth-order valence-electron chi connectivity index (χ4n) is 8.34. The minimum atomic E-state index is -0.914. The number of anilines is 3. The fourth-order valence-corrected chi connectivity index (χ4v) is 8.34. The standard InChI is InChI=1S/C49H41NO4/c1-31(2)45-44-29-30-49(33-15-23-37(51-3)24-16-33,54-48(44)43-12-8-11-41-40-9-6-7-10-42(40)47(45)46(41)43)32-13-17-34(18-14-32)50(35-19-25-38(52-4)26-20-35)36-21-27-39(53-5)28-22-36/h6-31H,1-5H3. The molecule has 5 nitrogen and oxygen atoms in total. The van der Waals surface area contributed by atoms with Gasteiger partial charge in [0, 0.05) is 44.5 Å². The quantitative estimate of drug-likeness (QED) is 0.149. The van der Waals surface area contributed by atoms with Gasteiger partial charge in [0.2, 0.25) is 0 Å². The molecule has 0 amide bonds. The van der Waals surface area contributed by atoms with Crippen molar-refractivity contribution in [3.63, 3.8) is 0 Å². The zero-order valence-corrected chi connectivity index (χ0v) is 31.1. The van der Waals surface area contributed by atoms with Gasteiger partial charge in [-0.1, -0.05) is 86.7 Å². The van der Waals surface area contributed by atoms with Crippen LogP contribution in [-0.4, -0.2) is 21.3 Å². The van der Waals surface area contributed by atoms with Gasteiger partial charge in [-0.05, 0) is 113 Å². The van der Waals surface area contributed by atoms with Crippen LogP contribution in [0.3, 0.4) is 0 Å². The van der Waals surface area contributed by atoms with Crippen molar-refractivity contribution in [2.24, 2.45) is 0 Å². The van der Waals surface area contributed by atoms with Crippen LogP contribution in [0.15, 0.2) is 146 Å². The van der Waals surface area contributed by atoms with Crippen LogP contribution in [0.1, 0.15) is 42.0 Å². The molecule has 5 heteroatoms. The molecule has 266 valence electrons. The first-order valence-corrected chi connectivity index (χ1v) is 18.4. The molecule has 7 aromatic rings. The third-order valence-electron chi connectivity index (χ3n) is 10.9. The Labute approximate surface area is 316 Å². The second-order valence-electron chi connectivity index (χ2n) is 14.1. The van der Waals surface area contributed by atoms with Crippen molar-refractivity contribution in [1.29, 1.82) is 0 Å². The van der Waals surface area contributed by atoms with E-state index in [4.69, 9.17) is 18.9 Å². The number of hydrogen-bond acceptors (Lipinski definition) is 5. The van der Waals surface area contributed by atoms with Gasteiger partial charge in [0.1, 0.15) is 23.0 Å². The molecule has 1 unspecified atom stereocenters. The summed E-state index contributed by atoms with van der Waals surface area (Å²) in [6.45, 7) is 4.58. The van der Waals surface area contributed by atoms with E-state index in [9.17, 15) is 0 Å². The summed E-state index contributed by atoms with van der Waals surface area (Å²) in [6, 6.07) is 48.6. The average molecular weight is 708 g/mol. The third-order valence-corrected chi connectivity index (χ3v) is 10.9. The predicted molar refractivity (Wildman–Crippen MR) is 220 cm³/mol. The highest BCUT2D eigenvalue weighted by atomic mass is 16.5. The molecule has 1 heterocycles. The fraction of sp³-hybridized carbons (Fsp3) is 0.143. The maximum absolute atomic E-state index is 7.56. The van der Waals surface area contributed by atoms with Gasteiger partial charge in [0.15, 0.2) is 5.60 Å². The Morgan fingerprint density at radius 3 is 1.56 bits per heavy atom. The molecular weight excluding hydrogens is 667 g/mol. The second-order valence-corrected chi connectivity index (χ2v) is 14.1. The third kappa shape index (κ3) is 5.22. The molecule has 9 rings (SSSR count). The van der Waals surface area contributed by atoms with Gasteiger partial charge in [-0.15, -0.1) is 0 Å². The molecule has 1 atom stereocenters. The van der Waals surface area contributed by atoms with E-state index in [-0.39, 0.29) is 5.92 Å². The highest BCUT2D eigenvalue weighted by Gasteiger charge is 2.40. The van der Waals surface area contributed by atoms with Gasteiger partial charge in [-0.2, -0.15) is 0 Å². The van der Waals surface area contributed by atoms with Crippen LogP contribution in [0.2, 0.25) is 0 Å². The molecule has 0 aromatic heterocycles. The molecule has 54 heavy (non-hydrogen) atoms. The molecule has 0 fully saturated rings. The van der Waals surface area contributed by atoms with Gasteiger partial charge in [0.05, 0.1) is 21.3 Å². The van der Waals surface area contributed by atoms with Gasteiger partial charge >= 0.3 is 0 Å². The topological polar surface area (TPSA) is 40.2 Å². The molecule has 0 N–H and O–H groups in total. The molecular formula is C49H41NO4. The number of methoxy groups -OCH3 is 3. The van der Waals surface area contributed by atoms with Crippen molar-refractivity contribution in [2.45, 2.75) is 25.4 Å². The van der Waals surface area contributed by atoms with Gasteiger partial charge < -0.3 is 23.8 Å². The van der Waals surface area contributed by atoms with Gasteiger partial charge in [-0.3, -0.25) is 0 Å². The maximum atomic E-state index is 7.56. The minimum absolute atomic E-state index is 0.278. The summed E-state index contributed by atoms with van der Waals surface area (Å²) in [7, 11) is 5.07.